The van der Waals surface area contributed by atoms with Crippen LogP contribution in [-0.2, 0) is 21.2 Å². The van der Waals surface area contributed by atoms with Gasteiger partial charge in [-0.3, -0.25) is 4.79 Å². The van der Waals surface area contributed by atoms with Crippen LogP contribution in [0.2, 0.25) is 5.02 Å². The molecular weight excluding hydrogens is 434 g/mol. The van der Waals surface area contributed by atoms with E-state index in [4.69, 9.17) is 11.6 Å². The number of hydrazone groups is 1. The number of aryl methyl sites for hydroxylation is 1. The SMILES string of the molecule is CCc1ccccc1NC(=O)CN1N=C(c2ccccc2)c2cc(Cl)ccc2S1(=O)=O. The van der Waals surface area contributed by atoms with Crippen LogP contribution in [-0.4, -0.2) is 31.0 Å². The van der Waals surface area contributed by atoms with Gasteiger partial charge < -0.3 is 5.32 Å². The maximum absolute atomic E-state index is 13.2. The average molecular weight is 454 g/mol. The maximum Gasteiger partial charge on any atom is 0.280 e. The smallest absolute Gasteiger partial charge is 0.280 e. The Labute approximate surface area is 186 Å². The van der Waals surface area contributed by atoms with Crippen molar-refractivity contribution in [1.29, 1.82) is 0 Å². The highest BCUT2D eigenvalue weighted by Gasteiger charge is 2.34. The molecule has 3 aromatic carbocycles. The maximum atomic E-state index is 13.2. The van der Waals surface area contributed by atoms with Crippen LogP contribution in [0.3, 0.4) is 0 Å². The topological polar surface area (TPSA) is 78.8 Å². The molecule has 0 saturated heterocycles. The molecule has 31 heavy (non-hydrogen) atoms. The van der Waals surface area contributed by atoms with Crippen LogP contribution >= 0.6 is 11.6 Å². The predicted octanol–water partition coefficient (Wildman–Crippen LogP) is 4.30. The lowest BCUT2D eigenvalue weighted by molar-refractivity contribution is -0.116. The van der Waals surface area contributed by atoms with E-state index in [1.807, 2.05) is 55.5 Å². The number of carbonyl (C=O) groups excluding carboxylic acids is 1. The van der Waals surface area contributed by atoms with Gasteiger partial charge >= 0.3 is 0 Å². The van der Waals surface area contributed by atoms with Gasteiger partial charge in [0.05, 0.1) is 4.90 Å². The highest BCUT2D eigenvalue weighted by molar-refractivity contribution is 7.89. The fraction of sp³-hybridized carbons (Fsp3) is 0.130. The molecule has 1 amide bonds. The van der Waals surface area contributed by atoms with Gasteiger partial charge in [0.25, 0.3) is 10.0 Å². The van der Waals surface area contributed by atoms with Gasteiger partial charge in [-0.05, 0) is 36.2 Å². The molecular formula is C23H20ClN3O3S. The minimum absolute atomic E-state index is 0.0625. The molecule has 3 aromatic rings. The number of benzene rings is 3. The molecule has 0 bridgehead atoms. The first-order chi connectivity index (χ1) is 14.9. The predicted molar refractivity (Wildman–Crippen MR) is 122 cm³/mol. The Balaban J connectivity index is 1.72. The number of sulfonamides is 1. The third-order valence-corrected chi connectivity index (χ3v) is 6.87. The van der Waals surface area contributed by atoms with Crippen LogP contribution in [0, 0.1) is 0 Å². The van der Waals surface area contributed by atoms with E-state index in [2.05, 4.69) is 10.4 Å². The van der Waals surface area contributed by atoms with Gasteiger partial charge in [-0.15, -0.1) is 0 Å². The highest BCUT2D eigenvalue weighted by Crippen LogP contribution is 2.31. The monoisotopic (exact) mass is 453 g/mol. The second kappa shape index (κ2) is 8.53. The van der Waals surface area contributed by atoms with Crippen LogP contribution in [0.4, 0.5) is 5.69 Å². The van der Waals surface area contributed by atoms with Crippen LogP contribution < -0.4 is 5.32 Å². The molecule has 8 heteroatoms. The van der Waals surface area contributed by atoms with E-state index in [9.17, 15) is 13.2 Å². The van der Waals surface area contributed by atoms with Crippen molar-refractivity contribution in [3.8, 4) is 0 Å². The lowest BCUT2D eigenvalue weighted by Gasteiger charge is -2.27. The highest BCUT2D eigenvalue weighted by atomic mass is 35.5. The Morgan fingerprint density at radius 1 is 1.03 bits per heavy atom. The van der Waals surface area contributed by atoms with Crippen molar-refractivity contribution in [3.05, 3.63) is 94.5 Å². The summed E-state index contributed by atoms with van der Waals surface area (Å²) in [6.07, 6.45) is 0.739. The van der Waals surface area contributed by atoms with E-state index in [0.717, 1.165) is 22.0 Å². The van der Waals surface area contributed by atoms with E-state index in [-0.39, 0.29) is 4.90 Å². The van der Waals surface area contributed by atoms with Crippen molar-refractivity contribution in [1.82, 2.24) is 4.41 Å². The molecule has 1 N–H and O–H groups in total. The molecule has 1 heterocycles. The van der Waals surface area contributed by atoms with Crippen LogP contribution in [0.5, 0.6) is 0 Å². The number of rotatable bonds is 5. The Hall–Kier alpha value is -3.16. The molecule has 0 fully saturated rings. The Bertz CT molecular complexity index is 1270. The molecule has 0 aromatic heterocycles. The lowest BCUT2D eigenvalue weighted by Crippen LogP contribution is -2.38. The van der Waals surface area contributed by atoms with E-state index in [0.29, 0.717) is 22.0 Å². The average Bonchev–Trinajstić information content (AvgIpc) is 2.76. The summed E-state index contributed by atoms with van der Waals surface area (Å²) in [5, 5.41) is 7.56. The number of halogens is 1. The largest absolute Gasteiger partial charge is 0.324 e. The number of nitrogens with zero attached hydrogens (tertiary/aromatic N) is 2. The second-order valence-corrected chi connectivity index (χ2v) is 9.25. The first-order valence-corrected chi connectivity index (χ1v) is 11.6. The van der Waals surface area contributed by atoms with E-state index < -0.39 is 22.5 Å². The summed E-state index contributed by atoms with van der Waals surface area (Å²) in [6, 6.07) is 21.1. The van der Waals surface area contributed by atoms with Gasteiger partial charge in [0.2, 0.25) is 5.91 Å². The number of nitrogens with one attached hydrogen (secondary N) is 1. The number of fused-ring (bicyclic) bond motifs is 1. The van der Waals surface area contributed by atoms with Crippen molar-refractivity contribution in [2.45, 2.75) is 18.2 Å². The number of para-hydroxylation sites is 1. The quantitative estimate of drug-likeness (QED) is 0.625. The van der Waals surface area contributed by atoms with E-state index in [1.165, 1.54) is 12.1 Å². The zero-order chi connectivity index (χ0) is 22.0. The summed E-state index contributed by atoms with van der Waals surface area (Å²) in [4.78, 5) is 12.8. The zero-order valence-corrected chi connectivity index (χ0v) is 18.3. The molecule has 0 aliphatic carbocycles. The van der Waals surface area contributed by atoms with Gasteiger partial charge in [-0.1, -0.05) is 67.1 Å². The lowest BCUT2D eigenvalue weighted by atomic mass is 10.0. The minimum Gasteiger partial charge on any atom is -0.324 e. The van der Waals surface area contributed by atoms with Crippen molar-refractivity contribution < 1.29 is 13.2 Å². The van der Waals surface area contributed by atoms with Crippen molar-refractivity contribution in [2.24, 2.45) is 5.10 Å². The van der Waals surface area contributed by atoms with E-state index in [1.54, 1.807) is 12.1 Å². The molecule has 0 atom stereocenters. The summed E-state index contributed by atoms with van der Waals surface area (Å²) in [6.45, 7) is 1.54. The normalized spacial score (nSPS) is 14.5. The standard InChI is InChI=1S/C23H20ClN3O3S/c1-2-16-8-6-7-11-20(16)25-22(28)15-27-26-23(17-9-4-3-5-10-17)19-14-18(24)12-13-21(19)31(27,29)30/h3-14H,2,15H2,1H3,(H,25,28). The molecule has 4 rings (SSSR count). The number of hydrogen-bond acceptors (Lipinski definition) is 4. The zero-order valence-electron chi connectivity index (χ0n) is 16.7. The molecule has 6 nitrogen and oxygen atoms in total. The van der Waals surface area contributed by atoms with Crippen LogP contribution in [0.1, 0.15) is 23.6 Å². The van der Waals surface area contributed by atoms with Gasteiger partial charge in [-0.2, -0.15) is 17.9 Å². The number of carbonyl (C=O) groups is 1. The number of hydrogen-bond donors (Lipinski definition) is 1. The van der Waals surface area contributed by atoms with Gasteiger partial charge in [0.15, 0.2) is 0 Å². The number of anilines is 1. The Morgan fingerprint density at radius 3 is 2.48 bits per heavy atom. The first-order valence-electron chi connectivity index (χ1n) is 9.74. The Morgan fingerprint density at radius 2 is 1.74 bits per heavy atom. The second-order valence-electron chi connectivity index (χ2n) is 7.00. The van der Waals surface area contributed by atoms with Gasteiger partial charge in [0.1, 0.15) is 12.3 Å². The molecule has 0 unspecified atom stereocenters. The van der Waals surface area contributed by atoms with E-state index >= 15 is 0 Å². The fourth-order valence-corrected chi connectivity index (χ4v) is 4.99. The van der Waals surface area contributed by atoms with Crippen LogP contribution in [0.15, 0.2) is 82.8 Å². The fourth-order valence-electron chi connectivity index (χ4n) is 3.44. The van der Waals surface area contributed by atoms with Crippen molar-refractivity contribution >= 4 is 38.9 Å². The van der Waals surface area contributed by atoms with Gasteiger partial charge in [0, 0.05) is 21.8 Å². The molecule has 0 saturated carbocycles. The molecule has 158 valence electrons. The summed E-state index contributed by atoms with van der Waals surface area (Å²) < 4.78 is 27.2. The molecule has 0 spiro atoms. The third kappa shape index (κ3) is 4.19. The summed E-state index contributed by atoms with van der Waals surface area (Å²) in [5.74, 6) is -0.474. The molecule has 0 radical (unpaired) electrons. The number of amides is 1. The molecule has 1 aliphatic heterocycles. The summed E-state index contributed by atoms with van der Waals surface area (Å²) >= 11 is 6.13. The van der Waals surface area contributed by atoms with Crippen LogP contribution in [0.25, 0.3) is 0 Å². The summed E-state index contributed by atoms with van der Waals surface area (Å²) in [7, 11) is -4.02. The summed E-state index contributed by atoms with van der Waals surface area (Å²) in [5.41, 5.74) is 3.19. The van der Waals surface area contributed by atoms with Crippen molar-refractivity contribution in [3.63, 3.8) is 0 Å². The third-order valence-electron chi connectivity index (χ3n) is 4.96. The minimum atomic E-state index is -4.02. The van der Waals surface area contributed by atoms with Gasteiger partial charge in [-0.25, -0.2) is 0 Å². The molecule has 1 aliphatic rings. The Kier molecular flexibility index (Phi) is 5.80. The van der Waals surface area contributed by atoms with Crippen molar-refractivity contribution in [2.75, 3.05) is 11.9 Å². The first kappa shape index (κ1) is 21.1.